The molecule has 0 amide bonds. The molecule has 3 aromatic rings. The number of allylic oxidation sites excluding steroid dienone is 3. The highest BCUT2D eigenvalue weighted by molar-refractivity contribution is 6.04. The predicted molar refractivity (Wildman–Crippen MR) is 149 cm³/mol. The summed E-state index contributed by atoms with van der Waals surface area (Å²) >= 11 is 0. The lowest BCUT2D eigenvalue weighted by atomic mass is 9.71. The van der Waals surface area contributed by atoms with Gasteiger partial charge in [0.25, 0.3) is 0 Å². The summed E-state index contributed by atoms with van der Waals surface area (Å²) in [6, 6.07) is 23.4. The Morgan fingerprint density at radius 2 is 1.70 bits per heavy atom. The molecule has 0 aromatic heterocycles. The summed E-state index contributed by atoms with van der Waals surface area (Å²) in [7, 11) is 1.64. The van der Waals surface area contributed by atoms with Gasteiger partial charge in [0, 0.05) is 35.7 Å². The number of ketones is 1. The maximum Gasteiger partial charge on any atom is 0.336 e. The van der Waals surface area contributed by atoms with Crippen LogP contribution in [0.15, 0.2) is 95.3 Å². The van der Waals surface area contributed by atoms with E-state index in [1.54, 1.807) is 7.11 Å². The minimum atomic E-state index is -0.570. The number of fused-ring (bicyclic) bond motifs is 1. The van der Waals surface area contributed by atoms with Crippen LogP contribution >= 0.6 is 0 Å². The minimum absolute atomic E-state index is 0.0133. The van der Waals surface area contributed by atoms with E-state index in [0.29, 0.717) is 47.6 Å². The SMILES string of the molecule is COc1ccc([C@@H]2CC(=O)C3=C(C2)NC(C)=C(C(=O)OCCc2ccccc2)[C@H]3c2ccc3c(c2)OCO3)cc1. The van der Waals surface area contributed by atoms with Gasteiger partial charge in [-0.05, 0) is 60.2 Å². The average molecular weight is 538 g/mol. The summed E-state index contributed by atoms with van der Waals surface area (Å²) in [6.45, 7) is 2.26. The fourth-order valence-electron chi connectivity index (χ4n) is 5.83. The lowest BCUT2D eigenvalue weighted by Gasteiger charge is -2.36. The van der Waals surface area contributed by atoms with Crippen molar-refractivity contribution in [3.8, 4) is 17.2 Å². The van der Waals surface area contributed by atoms with E-state index < -0.39 is 11.9 Å². The Hall–Kier alpha value is -4.52. The molecule has 6 rings (SSSR count). The molecule has 2 aliphatic heterocycles. The van der Waals surface area contributed by atoms with Gasteiger partial charge in [-0.25, -0.2) is 4.79 Å². The maximum absolute atomic E-state index is 13.9. The van der Waals surface area contributed by atoms with Crippen molar-refractivity contribution < 1.29 is 28.5 Å². The first-order valence-electron chi connectivity index (χ1n) is 13.5. The normalized spacial score (nSPS) is 19.7. The first-order valence-corrected chi connectivity index (χ1v) is 13.5. The van der Waals surface area contributed by atoms with E-state index in [0.717, 1.165) is 28.1 Å². The maximum atomic E-state index is 13.9. The number of hydrogen-bond acceptors (Lipinski definition) is 7. The number of Topliss-reactive ketones (excluding diaryl/α,β-unsaturated/α-hetero) is 1. The molecule has 2 atom stereocenters. The van der Waals surface area contributed by atoms with E-state index in [4.69, 9.17) is 18.9 Å². The zero-order chi connectivity index (χ0) is 27.6. The molecular formula is C33H31NO6. The first kappa shape index (κ1) is 25.7. The second-order valence-electron chi connectivity index (χ2n) is 10.3. The summed E-state index contributed by atoms with van der Waals surface area (Å²) in [4.78, 5) is 27.5. The van der Waals surface area contributed by atoms with Crippen LogP contribution in [0.2, 0.25) is 0 Å². The zero-order valence-electron chi connectivity index (χ0n) is 22.6. The number of esters is 1. The highest BCUT2D eigenvalue weighted by Crippen LogP contribution is 2.47. The van der Waals surface area contributed by atoms with E-state index >= 15 is 0 Å². The Morgan fingerprint density at radius 3 is 2.48 bits per heavy atom. The van der Waals surface area contributed by atoms with Crippen molar-refractivity contribution in [3.63, 3.8) is 0 Å². The monoisotopic (exact) mass is 537 g/mol. The topological polar surface area (TPSA) is 83.1 Å². The fraction of sp³-hybridized carbons (Fsp3) is 0.273. The van der Waals surface area contributed by atoms with Crippen LogP contribution < -0.4 is 19.5 Å². The second-order valence-corrected chi connectivity index (χ2v) is 10.3. The average Bonchev–Trinajstić information content (AvgIpc) is 3.45. The molecule has 2 heterocycles. The fourth-order valence-corrected chi connectivity index (χ4v) is 5.83. The van der Waals surface area contributed by atoms with E-state index in [9.17, 15) is 9.59 Å². The van der Waals surface area contributed by atoms with Gasteiger partial charge in [0.1, 0.15) is 5.75 Å². The Bertz CT molecular complexity index is 1510. The molecule has 0 saturated carbocycles. The minimum Gasteiger partial charge on any atom is -0.497 e. The van der Waals surface area contributed by atoms with E-state index in [1.807, 2.05) is 79.7 Å². The van der Waals surface area contributed by atoms with Crippen molar-refractivity contribution in [1.82, 2.24) is 5.32 Å². The summed E-state index contributed by atoms with van der Waals surface area (Å²) in [5.41, 5.74) is 5.56. The third-order valence-electron chi connectivity index (χ3n) is 7.83. The van der Waals surface area contributed by atoms with Gasteiger partial charge in [0.05, 0.1) is 19.3 Å². The molecule has 1 N–H and O–H groups in total. The predicted octanol–water partition coefficient (Wildman–Crippen LogP) is 5.57. The molecule has 0 unspecified atom stereocenters. The lowest BCUT2D eigenvalue weighted by molar-refractivity contribution is -0.139. The molecule has 0 fully saturated rings. The highest BCUT2D eigenvalue weighted by Gasteiger charge is 2.42. The van der Waals surface area contributed by atoms with Crippen molar-refractivity contribution in [3.05, 3.63) is 112 Å². The Morgan fingerprint density at radius 1 is 0.950 bits per heavy atom. The molecule has 7 nitrogen and oxygen atoms in total. The first-order chi connectivity index (χ1) is 19.5. The second kappa shape index (κ2) is 10.9. The Labute approximate surface area is 233 Å². The van der Waals surface area contributed by atoms with Crippen LogP contribution in [-0.4, -0.2) is 32.3 Å². The highest BCUT2D eigenvalue weighted by atomic mass is 16.7. The summed E-state index contributed by atoms with van der Waals surface area (Å²) in [5.74, 6) is 1.06. The van der Waals surface area contributed by atoms with Gasteiger partial charge < -0.3 is 24.3 Å². The van der Waals surface area contributed by atoms with Crippen LogP contribution in [0.25, 0.3) is 0 Å². The Balaban J connectivity index is 1.33. The number of methoxy groups -OCH3 is 1. The molecule has 0 saturated heterocycles. The third kappa shape index (κ3) is 4.95. The summed E-state index contributed by atoms with van der Waals surface area (Å²) < 4.78 is 22.2. The number of carbonyl (C=O) groups is 2. The van der Waals surface area contributed by atoms with Crippen molar-refractivity contribution in [2.75, 3.05) is 20.5 Å². The van der Waals surface area contributed by atoms with Gasteiger partial charge in [-0.1, -0.05) is 48.5 Å². The molecule has 3 aromatic carbocycles. The number of dihydropyridines is 1. The molecule has 204 valence electrons. The summed E-state index contributed by atoms with van der Waals surface area (Å²) in [6.07, 6.45) is 1.61. The largest absolute Gasteiger partial charge is 0.497 e. The van der Waals surface area contributed by atoms with Gasteiger partial charge in [-0.15, -0.1) is 0 Å². The van der Waals surface area contributed by atoms with Crippen LogP contribution in [0.1, 0.15) is 48.3 Å². The quantitative estimate of drug-likeness (QED) is 0.395. The van der Waals surface area contributed by atoms with Crippen molar-refractivity contribution in [1.29, 1.82) is 0 Å². The van der Waals surface area contributed by atoms with Gasteiger partial charge in [-0.2, -0.15) is 0 Å². The smallest absolute Gasteiger partial charge is 0.336 e. The van der Waals surface area contributed by atoms with Crippen LogP contribution in [0.3, 0.4) is 0 Å². The number of carbonyl (C=O) groups excluding carboxylic acids is 2. The Kier molecular flexibility index (Phi) is 7.03. The van der Waals surface area contributed by atoms with Crippen molar-refractivity contribution in [2.45, 2.75) is 38.0 Å². The number of nitrogens with one attached hydrogen (secondary N) is 1. The molecule has 0 bridgehead atoms. The van der Waals surface area contributed by atoms with E-state index in [-0.39, 0.29) is 25.1 Å². The van der Waals surface area contributed by atoms with Crippen LogP contribution in [-0.2, 0) is 20.7 Å². The molecule has 40 heavy (non-hydrogen) atoms. The van der Waals surface area contributed by atoms with Gasteiger partial charge in [0.15, 0.2) is 17.3 Å². The number of ether oxygens (including phenoxy) is 4. The molecule has 1 aliphatic carbocycles. The standard InChI is InChI=1S/C33H31NO6/c1-20-30(33(36)38-15-14-21-6-4-3-5-7-21)31(23-10-13-28-29(18-23)40-19-39-28)32-26(34-20)16-24(17-27(32)35)22-8-11-25(37-2)12-9-22/h3-13,18,24,31,34H,14-17,19H2,1-2H3/t24-,31+/m0/s1. The number of rotatable bonds is 7. The van der Waals surface area contributed by atoms with E-state index in [1.165, 1.54) is 0 Å². The molecular weight excluding hydrogens is 506 g/mol. The van der Waals surface area contributed by atoms with Crippen molar-refractivity contribution >= 4 is 11.8 Å². The molecule has 0 spiro atoms. The zero-order valence-corrected chi connectivity index (χ0v) is 22.6. The molecule has 7 heteroatoms. The third-order valence-corrected chi connectivity index (χ3v) is 7.83. The number of benzene rings is 3. The van der Waals surface area contributed by atoms with E-state index in [2.05, 4.69) is 5.32 Å². The van der Waals surface area contributed by atoms with Crippen molar-refractivity contribution in [2.24, 2.45) is 0 Å². The van der Waals surface area contributed by atoms with Gasteiger partial charge >= 0.3 is 5.97 Å². The van der Waals surface area contributed by atoms with Crippen LogP contribution in [0.4, 0.5) is 0 Å². The van der Waals surface area contributed by atoms with Gasteiger partial charge in [-0.3, -0.25) is 4.79 Å². The van der Waals surface area contributed by atoms with Crippen LogP contribution in [0, 0.1) is 0 Å². The van der Waals surface area contributed by atoms with Crippen LogP contribution in [0.5, 0.6) is 17.2 Å². The number of hydrogen-bond donors (Lipinski definition) is 1. The van der Waals surface area contributed by atoms with Gasteiger partial charge in [0.2, 0.25) is 6.79 Å². The molecule has 3 aliphatic rings. The lowest BCUT2D eigenvalue weighted by Crippen LogP contribution is -2.36. The summed E-state index contributed by atoms with van der Waals surface area (Å²) in [5, 5.41) is 3.42. The molecule has 0 radical (unpaired) electrons.